The number of aliphatic hydroxyl groups excluding tert-OH is 1. The van der Waals surface area contributed by atoms with E-state index in [4.69, 9.17) is 10.2 Å². The van der Waals surface area contributed by atoms with Crippen LogP contribution in [-0.4, -0.2) is 47.6 Å². The summed E-state index contributed by atoms with van der Waals surface area (Å²) in [4.78, 5) is 21.8. The Kier molecular flexibility index (Phi) is 7.89. The third-order valence-corrected chi connectivity index (χ3v) is 2.19. The van der Waals surface area contributed by atoms with Crippen LogP contribution in [0.1, 0.15) is 25.7 Å². The molecule has 0 spiro atoms. The largest absolute Gasteiger partial charge is 0.480 e. The minimum Gasteiger partial charge on any atom is -0.480 e. The number of urea groups is 1. The van der Waals surface area contributed by atoms with Crippen LogP contribution in [0.15, 0.2) is 0 Å². The Morgan fingerprint density at radius 2 is 1.84 bits per heavy atom. The summed E-state index contributed by atoms with van der Waals surface area (Å²) in [5, 5.41) is 21.6. The van der Waals surface area contributed by atoms with Crippen LogP contribution in [0.3, 0.4) is 0 Å². The van der Waals surface area contributed by atoms with Gasteiger partial charge < -0.3 is 20.8 Å². The Morgan fingerprint density at radius 3 is 2.32 bits per heavy atom. The van der Waals surface area contributed by atoms with Crippen LogP contribution >= 0.6 is 0 Å². The number of carbonyl (C=O) groups excluding carboxylic acids is 1. The number of carboxylic acids is 1. The van der Waals surface area contributed by atoms with Crippen molar-refractivity contribution in [2.24, 2.45) is 0 Å². The molecule has 0 fully saturated rings. The smallest absolute Gasteiger partial charge is 0.389 e. The number of nitrogens with one attached hydrogen (secondary N) is 2. The predicted octanol–water partition coefficient (Wildman–Crippen LogP) is 0.854. The minimum atomic E-state index is -4.21. The van der Waals surface area contributed by atoms with Gasteiger partial charge in [-0.3, -0.25) is 0 Å². The first-order chi connectivity index (χ1) is 8.76. The van der Waals surface area contributed by atoms with Crippen LogP contribution in [0.2, 0.25) is 0 Å². The average Bonchev–Trinajstić information content (AvgIpc) is 2.26. The average molecular weight is 286 g/mol. The fourth-order valence-electron chi connectivity index (χ4n) is 1.25. The molecule has 0 aliphatic heterocycles. The van der Waals surface area contributed by atoms with E-state index in [2.05, 4.69) is 10.6 Å². The van der Waals surface area contributed by atoms with Gasteiger partial charge in [-0.25, -0.2) is 9.59 Å². The maximum atomic E-state index is 11.8. The summed E-state index contributed by atoms with van der Waals surface area (Å²) in [6.45, 7) is -0.379. The van der Waals surface area contributed by atoms with E-state index in [1.807, 2.05) is 0 Å². The molecule has 0 rings (SSSR count). The van der Waals surface area contributed by atoms with Crippen molar-refractivity contribution in [3.05, 3.63) is 0 Å². The van der Waals surface area contributed by atoms with Crippen LogP contribution in [0.5, 0.6) is 0 Å². The van der Waals surface area contributed by atoms with Crippen LogP contribution < -0.4 is 10.6 Å². The Balaban J connectivity index is 3.77. The molecule has 9 heteroatoms. The molecule has 0 aromatic heterocycles. The summed E-state index contributed by atoms with van der Waals surface area (Å²) >= 11 is 0. The molecule has 4 N–H and O–H groups in total. The Labute approximate surface area is 108 Å². The molecule has 0 aromatic rings. The van der Waals surface area contributed by atoms with E-state index < -0.39 is 37.2 Å². The highest BCUT2D eigenvalue weighted by Gasteiger charge is 2.25. The van der Waals surface area contributed by atoms with E-state index >= 15 is 0 Å². The van der Waals surface area contributed by atoms with E-state index in [0.29, 0.717) is 0 Å². The van der Waals surface area contributed by atoms with Crippen LogP contribution in [0, 0.1) is 0 Å². The summed E-state index contributed by atoms with van der Waals surface area (Å²) in [5.41, 5.74) is 0. The van der Waals surface area contributed by atoms with Gasteiger partial charge in [0.15, 0.2) is 0 Å². The lowest BCUT2D eigenvalue weighted by atomic mass is 10.2. The highest BCUT2D eigenvalue weighted by Crippen LogP contribution is 2.21. The van der Waals surface area contributed by atoms with Crippen molar-refractivity contribution in [1.29, 1.82) is 0 Å². The van der Waals surface area contributed by atoms with Gasteiger partial charge in [0, 0.05) is 26.0 Å². The fraction of sp³-hybridized carbons (Fsp3) is 0.800. The summed E-state index contributed by atoms with van der Waals surface area (Å²) < 4.78 is 35.4. The van der Waals surface area contributed by atoms with Gasteiger partial charge in [0.2, 0.25) is 0 Å². The van der Waals surface area contributed by atoms with E-state index in [9.17, 15) is 22.8 Å². The number of rotatable bonds is 8. The zero-order valence-electron chi connectivity index (χ0n) is 10.2. The maximum Gasteiger partial charge on any atom is 0.389 e. The summed E-state index contributed by atoms with van der Waals surface area (Å²) in [6.07, 6.45) is -5.24. The summed E-state index contributed by atoms with van der Waals surface area (Å²) in [5.74, 6) is -1.29. The number of hydrogen-bond acceptors (Lipinski definition) is 3. The fourth-order valence-corrected chi connectivity index (χ4v) is 1.25. The molecule has 112 valence electrons. The van der Waals surface area contributed by atoms with Gasteiger partial charge in [-0.2, -0.15) is 13.2 Å². The van der Waals surface area contributed by atoms with Crippen LogP contribution in [0.25, 0.3) is 0 Å². The first kappa shape index (κ1) is 17.5. The molecule has 1 atom stereocenters. The zero-order chi connectivity index (χ0) is 14.9. The number of unbranched alkanes of at least 4 members (excludes halogenated alkanes) is 1. The second kappa shape index (κ2) is 8.57. The van der Waals surface area contributed by atoms with Crippen molar-refractivity contribution in [2.75, 3.05) is 13.2 Å². The van der Waals surface area contributed by atoms with E-state index in [-0.39, 0.29) is 25.8 Å². The molecular formula is C10H17F3N2O4. The first-order valence-corrected chi connectivity index (χ1v) is 5.71. The molecule has 1 unspecified atom stereocenters. The summed E-state index contributed by atoms with van der Waals surface area (Å²) in [7, 11) is 0. The third-order valence-electron chi connectivity index (χ3n) is 2.19. The van der Waals surface area contributed by atoms with Gasteiger partial charge in [0.25, 0.3) is 0 Å². The van der Waals surface area contributed by atoms with E-state index in [1.165, 1.54) is 0 Å². The molecule has 6 nitrogen and oxygen atoms in total. The van der Waals surface area contributed by atoms with Gasteiger partial charge in [-0.15, -0.1) is 0 Å². The quantitative estimate of drug-likeness (QED) is 0.497. The molecule has 0 aliphatic carbocycles. The SMILES string of the molecule is O=C(NCCCCC(F)(F)F)NC(CCO)C(=O)O. The Bertz CT molecular complexity index is 297. The van der Waals surface area contributed by atoms with Crippen LogP contribution in [0.4, 0.5) is 18.0 Å². The molecule has 0 bridgehead atoms. The zero-order valence-corrected chi connectivity index (χ0v) is 10.2. The van der Waals surface area contributed by atoms with Crippen LogP contribution in [-0.2, 0) is 4.79 Å². The molecule has 0 radical (unpaired) electrons. The lowest BCUT2D eigenvalue weighted by Crippen LogP contribution is -2.46. The summed E-state index contributed by atoms with van der Waals surface area (Å²) in [6, 6.07) is -2.01. The standard InChI is InChI=1S/C10H17F3N2O4/c11-10(12,13)4-1-2-5-14-9(19)15-7(3-6-16)8(17)18/h7,16H,1-6H2,(H,17,18)(H2,14,15,19). The third kappa shape index (κ3) is 10.1. The maximum absolute atomic E-state index is 11.8. The normalized spacial score (nSPS) is 12.8. The van der Waals surface area contributed by atoms with Gasteiger partial charge in [-0.1, -0.05) is 0 Å². The van der Waals surface area contributed by atoms with E-state index in [0.717, 1.165) is 0 Å². The lowest BCUT2D eigenvalue weighted by molar-refractivity contribution is -0.139. The number of alkyl halides is 3. The Hall–Kier alpha value is -1.51. The van der Waals surface area contributed by atoms with Gasteiger partial charge in [-0.05, 0) is 12.8 Å². The number of hydrogen-bond donors (Lipinski definition) is 4. The topological polar surface area (TPSA) is 98.7 Å². The van der Waals surface area contributed by atoms with Gasteiger partial charge >= 0.3 is 18.2 Å². The monoisotopic (exact) mass is 286 g/mol. The molecule has 19 heavy (non-hydrogen) atoms. The second-order valence-electron chi connectivity index (χ2n) is 3.88. The number of amides is 2. The van der Waals surface area contributed by atoms with Crippen molar-refractivity contribution in [3.8, 4) is 0 Å². The number of aliphatic carboxylic acids is 1. The lowest BCUT2D eigenvalue weighted by Gasteiger charge is -2.14. The number of aliphatic hydroxyl groups is 1. The number of carboxylic acid groups (broad SMARTS) is 1. The van der Waals surface area contributed by atoms with Crippen molar-refractivity contribution in [1.82, 2.24) is 10.6 Å². The molecule has 0 heterocycles. The first-order valence-electron chi connectivity index (χ1n) is 5.71. The van der Waals surface area contributed by atoms with Crippen molar-refractivity contribution >= 4 is 12.0 Å². The molecule has 2 amide bonds. The van der Waals surface area contributed by atoms with E-state index in [1.54, 1.807) is 0 Å². The number of carbonyl (C=O) groups is 2. The molecule has 0 aliphatic rings. The minimum absolute atomic E-state index is 0.0212. The molecule has 0 saturated heterocycles. The highest BCUT2D eigenvalue weighted by molar-refractivity contribution is 5.82. The second-order valence-corrected chi connectivity index (χ2v) is 3.88. The van der Waals surface area contributed by atoms with Gasteiger partial charge in [0.1, 0.15) is 6.04 Å². The van der Waals surface area contributed by atoms with Crippen molar-refractivity contribution in [3.63, 3.8) is 0 Å². The molecule has 0 aromatic carbocycles. The van der Waals surface area contributed by atoms with Crippen molar-refractivity contribution in [2.45, 2.75) is 37.9 Å². The van der Waals surface area contributed by atoms with Gasteiger partial charge in [0.05, 0.1) is 0 Å². The molecule has 0 saturated carbocycles. The predicted molar refractivity (Wildman–Crippen MR) is 59.6 cm³/mol. The number of halogens is 3. The highest BCUT2D eigenvalue weighted by atomic mass is 19.4. The van der Waals surface area contributed by atoms with Crippen molar-refractivity contribution < 1.29 is 33.0 Å². The Morgan fingerprint density at radius 1 is 1.21 bits per heavy atom. The molecular weight excluding hydrogens is 269 g/mol.